The highest BCUT2D eigenvalue weighted by molar-refractivity contribution is 7.00. The fourth-order valence-corrected chi connectivity index (χ4v) is 2.76. The summed E-state index contributed by atoms with van der Waals surface area (Å²) in [6, 6.07) is 1.58. The molecule has 2 rings (SSSR count). The van der Waals surface area contributed by atoms with E-state index in [4.69, 9.17) is 27.9 Å². The molecule has 0 radical (unpaired) electrons. The molecule has 1 aromatic heterocycles. The lowest BCUT2D eigenvalue weighted by Gasteiger charge is -2.09. The van der Waals surface area contributed by atoms with Gasteiger partial charge >= 0.3 is 5.97 Å². The van der Waals surface area contributed by atoms with Gasteiger partial charge < -0.3 is 10.1 Å². The number of carbonyl (C=O) groups excluding carboxylic acids is 1. The van der Waals surface area contributed by atoms with Crippen LogP contribution in [0.25, 0.3) is 11.0 Å². The summed E-state index contributed by atoms with van der Waals surface area (Å²) in [6.45, 7) is 2.49. The molecule has 1 N–H and O–H groups in total. The number of hydrogen-bond donors (Lipinski definition) is 1. The number of ether oxygens (including phenoxy) is 1. The Labute approximate surface area is 130 Å². The highest BCUT2D eigenvalue weighted by atomic mass is 35.5. The van der Waals surface area contributed by atoms with E-state index in [1.165, 1.54) is 0 Å². The van der Waals surface area contributed by atoms with Gasteiger partial charge in [-0.05, 0) is 12.5 Å². The third kappa shape index (κ3) is 3.50. The van der Waals surface area contributed by atoms with Crippen molar-refractivity contribution in [1.82, 2.24) is 8.75 Å². The first kappa shape index (κ1) is 15.3. The summed E-state index contributed by atoms with van der Waals surface area (Å²) in [5.74, 6) is -0.333. The molecule has 2 aromatic rings. The molecule has 5 nitrogen and oxygen atoms in total. The number of aromatic nitrogens is 2. The number of esters is 1. The van der Waals surface area contributed by atoms with Crippen molar-refractivity contribution in [3.8, 4) is 0 Å². The first-order chi connectivity index (χ1) is 9.63. The van der Waals surface area contributed by atoms with Crippen molar-refractivity contribution in [1.29, 1.82) is 0 Å². The maximum Gasteiger partial charge on any atom is 0.325 e. The van der Waals surface area contributed by atoms with Gasteiger partial charge in [-0.25, -0.2) is 0 Å². The molecule has 0 spiro atoms. The number of nitrogens with zero attached hydrogens (tertiary/aromatic N) is 2. The minimum Gasteiger partial charge on any atom is -0.464 e. The van der Waals surface area contributed by atoms with Gasteiger partial charge in [-0.15, -0.1) is 0 Å². The lowest BCUT2D eigenvalue weighted by Crippen LogP contribution is -2.17. The van der Waals surface area contributed by atoms with Crippen molar-refractivity contribution in [3.05, 3.63) is 16.1 Å². The lowest BCUT2D eigenvalue weighted by atomic mass is 10.2. The zero-order valence-electron chi connectivity index (χ0n) is 10.8. The maximum absolute atomic E-state index is 11.6. The zero-order valence-corrected chi connectivity index (χ0v) is 13.1. The van der Waals surface area contributed by atoms with Crippen LogP contribution in [0.1, 0.15) is 19.8 Å². The molecule has 0 unspecified atom stereocenters. The Morgan fingerprint density at radius 2 is 2.10 bits per heavy atom. The van der Waals surface area contributed by atoms with E-state index in [-0.39, 0.29) is 12.5 Å². The van der Waals surface area contributed by atoms with Crippen LogP contribution in [0.2, 0.25) is 10.0 Å². The van der Waals surface area contributed by atoms with E-state index >= 15 is 0 Å². The first-order valence-electron chi connectivity index (χ1n) is 6.13. The van der Waals surface area contributed by atoms with Crippen molar-refractivity contribution in [2.45, 2.75) is 19.8 Å². The van der Waals surface area contributed by atoms with E-state index in [2.05, 4.69) is 14.1 Å². The number of carbonyl (C=O) groups is 1. The fraction of sp³-hybridized carbons (Fsp3) is 0.417. The van der Waals surface area contributed by atoms with Gasteiger partial charge in [0.1, 0.15) is 17.6 Å². The highest BCUT2D eigenvalue weighted by Crippen LogP contribution is 2.34. The van der Waals surface area contributed by atoms with Crippen LogP contribution >= 0.6 is 34.9 Å². The second kappa shape index (κ2) is 7.06. The summed E-state index contributed by atoms with van der Waals surface area (Å²) >= 11 is 13.2. The fourth-order valence-electron chi connectivity index (χ4n) is 1.58. The van der Waals surface area contributed by atoms with E-state index < -0.39 is 0 Å². The average molecular weight is 334 g/mol. The van der Waals surface area contributed by atoms with Crippen LogP contribution in [0.5, 0.6) is 0 Å². The third-order valence-electron chi connectivity index (χ3n) is 2.61. The van der Waals surface area contributed by atoms with Gasteiger partial charge in [-0.2, -0.15) is 8.75 Å². The maximum atomic E-state index is 11.6. The summed E-state index contributed by atoms with van der Waals surface area (Å²) in [5, 5.41) is 3.77. The van der Waals surface area contributed by atoms with Crippen LogP contribution in [-0.4, -0.2) is 27.9 Å². The van der Waals surface area contributed by atoms with E-state index in [0.717, 1.165) is 24.6 Å². The predicted octanol–water partition coefficient (Wildman–Crippen LogP) is 3.75. The molecule has 0 fully saturated rings. The quantitative estimate of drug-likeness (QED) is 0.644. The topological polar surface area (TPSA) is 64.1 Å². The predicted molar refractivity (Wildman–Crippen MR) is 81.8 cm³/mol. The van der Waals surface area contributed by atoms with E-state index in [9.17, 15) is 4.79 Å². The number of fused-ring (bicyclic) bond motifs is 1. The monoisotopic (exact) mass is 333 g/mol. The Morgan fingerprint density at radius 3 is 2.85 bits per heavy atom. The number of nitrogens with one attached hydrogen (secondary N) is 1. The molecule has 0 amide bonds. The van der Waals surface area contributed by atoms with Crippen LogP contribution in [0.3, 0.4) is 0 Å². The van der Waals surface area contributed by atoms with Gasteiger partial charge in [-0.3, -0.25) is 4.79 Å². The number of hydrogen-bond acceptors (Lipinski definition) is 6. The normalized spacial score (nSPS) is 10.8. The molecule has 108 valence electrons. The molecule has 0 saturated carbocycles. The minimum absolute atomic E-state index is 0.0255. The molecule has 0 bridgehead atoms. The van der Waals surface area contributed by atoms with Crippen LogP contribution < -0.4 is 5.32 Å². The van der Waals surface area contributed by atoms with Gasteiger partial charge in [0.15, 0.2) is 0 Å². The van der Waals surface area contributed by atoms with Gasteiger partial charge in [0.05, 0.1) is 34.1 Å². The number of benzene rings is 1. The van der Waals surface area contributed by atoms with Crippen molar-refractivity contribution in [3.63, 3.8) is 0 Å². The Kier molecular flexibility index (Phi) is 5.39. The third-order valence-corrected chi connectivity index (χ3v) is 3.73. The van der Waals surface area contributed by atoms with E-state index in [0.29, 0.717) is 33.4 Å². The van der Waals surface area contributed by atoms with Crippen molar-refractivity contribution >= 4 is 57.6 Å². The standard InChI is InChI=1S/C12H13Cl2N3O2S/c1-2-3-4-19-9(18)6-15-10-7(13)5-8(14)11-12(10)17-20-16-11/h5,15H,2-4,6H2,1H3. The van der Waals surface area contributed by atoms with Gasteiger partial charge in [0.2, 0.25) is 0 Å². The van der Waals surface area contributed by atoms with Crippen LogP contribution in [-0.2, 0) is 9.53 Å². The van der Waals surface area contributed by atoms with Gasteiger partial charge in [0, 0.05) is 0 Å². The van der Waals surface area contributed by atoms with Crippen molar-refractivity contribution < 1.29 is 9.53 Å². The minimum atomic E-state index is -0.333. The van der Waals surface area contributed by atoms with Crippen molar-refractivity contribution in [2.24, 2.45) is 0 Å². The van der Waals surface area contributed by atoms with Crippen LogP contribution in [0, 0.1) is 0 Å². The molecular weight excluding hydrogens is 321 g/mol. The molecule has 0 aliphatic rings. The molecule has 20 heavy (non-hydrogen) atoms. The zero-order chi connectivity index (χ0) is 14.5. The number of unbranched alkanes of at least 4 members (excludes halogenated alkanes) is 1. The molecule has 1 heterocycles. The molecule has 0 saturated heterocycles. The van der Waals surface area contributed by atoms with Crippen LogP contribution in [0.15, 0.2) is 6.07 Å². The van der Waals surface area contributed by atoms with Gasteiger partial charge in [-0.1, -0.05) is 36.5 Å². The highest BCUT2D eigenvalue weighted by Gasteiger charge is 2.14. The average Bonchev–Trinajstić information content (AvgIpc) is 2.88. The van der Waals surface area contributed by atoms with Crippen LogP contribution in [0.4, 0.5) is 5.69 Å². The summed E-state index contributed by atoms with van der Waals surface area (Å²) in [6.07, 6.45) is 1.84. The molecule has 8 heteroatoms. The SMILES string of the molecule is CCCCOC(=O)CNc1c(Cl)cc(Cl)c2nsnc12. The Hall–Kier alpha value is -1.11. The molecule has 0 aliphatic carbocycles. The summed E-state index contributed by atoms with van der Waals surface area (Å²) < 4.78 is 13.3. The number of rotatable bonds is 6. The van der Waals surface area contributed by atoms with E-state index in [1.807, 2.05) is 6.92 Å². The largest absolute Gasteiger partial charge is 0.464 e. The van der Waals surface area contributed by atoms with Crippen molar-refractivity contribution in [2.75, 3.05) is 18.5 Å². The number of anilines is 1. The lowest BCUT2D eigenvalue weighted by molar-refractivity contribution is -0.141. The Balaban J connectivity index is 2.06. The second-order valence-corrected chi connectivity index (χ2v) is 5.45. The molecule has 0 aliphatic heterocycles. The smallest absolute Gasteiger partial charge is 0.325 e. The molecular formula is C12H13Cl2N3O2S. The first-order valence-corrected chi connectivity index (χ1v) is 7.62. The Bertz CT molecular complexity index is 618. The summed E-state index contributed by atoms with van der Waals surface area (Å²) in [5.41, 5.74) is 1.68. The van der Waals surface area contributed by atoms with Gasteiger partial charge in [0.25, 0.3) is 0 Å². The summed E-state index contributed by atoms with van der Waals surface area (Å²) in [4.78, 5) is 11.6. The summed E-state index contributed by atoms with van der Waals surface area (Å²) in [7, 11) is 0. The molecule has 0 atom stereocenters. The second-order valence-electron chi connectivity index (χ2n) is 4.10. The molecule has 1 aromatic carbocycles. The van der Waals surface area contributed by atoms with E-state index in [1.54, 1.807) is 6.07 Å². The Morgan fingerprint density at radius 1 is 1.35 bits per heavy atom. The number of halogens is 2.